The molecular formula is C24H24FN5OS. The van der Waals surface area contributed by atoms with Crippen LogP contribution in [-0.2, 0) is 33.0 Å². The van der Waals surface area contributed by atoms with E-state index in [1.807, 2.05) is 29.9 Å². The summed E-state index contributed by atoms with van der Waals surface area (Å²) in [4.78, 5) is 17.6. The van der Waals surface area contributed by atoms with Gasteiger partial charge in [-0.05, 0) is 49.1 Å². The number of amides is 1. The van der Waals surface area contributed by atoms with Gasteiger partial charge in [0.05, 0.1) is 10.2 Å². The Hall–Kier alpha value is -3.10. The summed E-state index contributed by atoms with van der Waals surface area (Å²) in [5, 5.41) is 12.1. The Balaban J connectivity index is 1.25. The first kappa shape index (κ1) is 20.8. The van der Waals surface area contributed by atoms with Gasteiger partial charge in [-0.3, -0.25) is 9.48 Å². The molecule has 0 saturated heterocycles. The van der Waals surface area contributed by atoms with E-state index in [1.165, 1.54) is 16.8 Å². The summed E-state index contributed by atoms with van der Waals surface area (Å²) in [7, 11) is 1.89. The normalized spacial score (nSPS) is 15.6. The topological polar surface area (TPSA) is 71.8 Å². The maximum absolute atomic E-state index is 13.1. The number of aryl methyl sites for hydroxylation is 1. The van der Waals surface area contributed by atoms with Crippen LogP contribution in [0.15, 0.2) is 48.5 Å². The molecule has 6 nitrogen and oxygen atoms in total. The molecule has 5 rings (SSSR count). The van der Waals surface area contributed by atoms with Crippen molar-refractivity contribution in [1.82, 2.24) is 25.4 Å². The van der Waals surface area contributed by atoms with Crippen molar-refractivity contribution in [2.75, 3.05) is 0 Å². The zero-order valence-corrected chi connectivity index (χ0v) is 18.6. The van der Waals surface area contributed by atoms with Crippen molar-refractivity contribution < 1.29 is 9.18 Å². The molecular weight excluding hydrogens is 425 g/mol. The highest BCUT2D eigenvalue weighted by Crippen LogP contribution is 2.26. The predicted octanol–water partition coefficient (Wildman–Crippen LogP) is 3.75. The van der Waals surface area contributed by atoms with Crippen molar-refractivity contribution in [3.8, 4) is 0 Å². The first-order valence-corrected chi connectivity index (χ1v) is 11.5. The second kappa shape index (κ2) is 8.80. The lowest BCUT2D eigenvalue weighted by atomic mass is 9.91. The Kier molecular flexibility index (Phi) is 5.71. The molecule has 1 unspecified atom stereocenters. The summed E-state index contributed by atoms with van der Waals surface area (Å²) in [6, 6.07) is 14.6. The standard InChI is InChI=1S/C24H24FN5OS/c1-30-20-11-10-17(26-14-22-28-19-4-2-3-5-21(19)32-22)12-18(20)23(29-30)24(31)27-13-15-6-8-16(25)9-7-15/h2-9,17,26H,10-14H2,1H3,(H,27,31). The van der Waals surface area contributed by atoms with Gasteiger partial charge in [0.2, 0.25) is 0 Å². The Morgan fingerprint density at radius 2 is 2.00 bits per heavy atom. The van der Waals surface area contributed by atoms with E-state index in [9.17, 15) is 9.18 Å². The van der Waals surface area contributed by atoms with Crippen molar-refractivity contribution >= 4 is 27.5 Å². The number of nitrogens with one attached hydrogen (secondary N) is 2. The van der Waals surface area contributed by atoms with Crippen LogP contribution in [0.5, 0.6) is 0 Å². The van der Waals surface area contributed by atoms with E-state index in [1.54, 1.807) is 23.5 Å². The van der Waals surface area contributed by atoms with Gasteiger partial charge in [0, 0.05) is 37.4 Å². The number of thiazole rings is 1. The van der Waals surface area contributed by atoms with E-state index < -0.39 is 0 Å². The number of para-hydroxylation sites is 1. The lowest BCUT2D eigenvalue weighted by molar-refractivity contribution is 0.0944. The highest BCUT2D eigenvalue weighted by atomic mass is 32.1. The quantitative estimate of drug-likeness (QED) is 0.470. The van der Waals surface area contributed by atoms with E-state index in [0.717, 1.165) is 46.6 Å². The molecule has 0 bridgehead atoms. The molecule has 1 atom stereocenters. The molecule has 8 heteroatoms. The summed E-state index contributed by atoms with van der Waals surface area (Å²) < 4.78 is 16.1. The number of aromatic nitrogens is 3. The van der Waals surface area contributed by atoms with Crippen LogP contribution in [0.4, 0.5) is 4.39 Å². The van der Waals surface area contributed by atoms with Gasteiger partial charge in [0.15, 0.2) is 5.69 Å². The van der Waals surface area contributed by atoms with E-state index in [0.29, 0.717) is 18.8 Å². The highest BCUT2D eigenvalue weighted by molar-refractivity contribution is 7.18. The van der Waals surface area contributed by atoms with Crippen LogP contribution >= 0.6 is 11.3 Å². The molecule has 2 N–H and O–H groups in total. The number of benzene rings is 2. The van der Waals surface area contributed by atoms with Crippen molar-refractivity contribution in [2.45, 2.75) is 38.4 Å². The number of hydrogen-bond acceptors (Lipinski definition) is 5. The Labute approximate surface area is 189 Å². The molecule has 1 aliphatic carbocycles. The van der Waals surface area contributed by atoms with Crippen molar-refractivity contribution in [3.63, 3.8) is 0 Å². The number of fused-ring (bicyclic) bond motifs is 2. The van der Waals surface area contributed by atoms with Gasteiger partial charge in [0.1, 0.15) is 10.8 Å². The third kappa shape index (κ3) is 4.28. The van der Waals surface area contributed by atoms with E-state index >= 15 is 0 Å². The number of carbonyl (C=O) groups excluding carboxylic acids is 1. The number of rotatable bonds is 6. The highest BCUT2D eigenvalue weighted by Gasteiger charge is 2.28. The van der Waals surface area contributed by atoms with E-state index in [-0.39, 0.29) is 17.8 Å². The largest absolute Gasteiger partial charge is 0.347 e. The van der Waals surface area contributed by atoms with Gasteiger partial charge < -0.3 is 10.6 Å². The van der Waals surface area contributed by atoms with Crippen LogP contribution in [0.25, 0.3) is 10.2 Å². The van der Waals surface area contributed by atoms with Crippen LogP contribution in [0.1, 0.15) is 38.7 Å². The summed E-state index contributed by atoms with van der Waals surface area (Å²) in [5.41, 5.74) is 4.50. The maximum Gasteiger partial charge on any atom is 0.272 e. The SMILES string of the molecule is Cn1nc(C(=O)NCc2ccc(F)cc2)c2c1CCC(NCc1nc3ccccc3s1)C2. The fourth-order valence-corrected chi connectivity index (χ4v) is 5.16. The first-order chi connectivity index (χ1) is 15.6. The smallest absolute Gasteiger partial charge is 0.272 e. The third-order valence-electron chi connectivity index (χ3n) is 5.92. The second-order valence-electron chi connectivity index (χ2n) is 8.10. The lowest BCUT2D eigenvalue weighted by Crippen LogP contribution is -2.35. The minimum Gasteiger partial charge on any atom is -0.347 e. The van der Waals surface area contributed by atoms with Crippen LogP contribution in [0, 0.1) is 5.82 Å². The lowest BCUT2D eigenvalue weighted by Gasteiger charge is -2.23. The molecule has 1 aliphatic rings. The van der Waals surface area contributed by atoms with Gasteiger partial charge in [-0.1, -0.05) is 24.3 Å². The van der Waals surface area contributed by atoms with Gasteiger partial charge in [-0.2, -0.15) is 5.10 Å². The summed E-state index contributed by atoms with van der Waals surface area (Å²) in [6.45, 7) is 1.05. The molecule has 1 amide bonds. The van der Waals surface area contributed by atoms with Gasteiger partial charge in [-0.25, -0.2) is 9.37 Å². The number of nitrogens with zero attached hydrogens (tertiary/aromatic N) is 3. The van der Waals surface area contributed by atoms with Crippen LogP contribution in [0.2, 0.25) is 0 Å². The maximum atomic E-state index is 13.1. The minimum atomic E-state index is -0.289. The molecule has 164 valence electrons. The van der Waals surface area contributed by atoms with E-state index in [4.69, 9.17) is 4.98 Å². The van der Waals surface area contributed by atoms with Crippen molar-refractivity contribution in [3.05, 3.63) is 81.9 Å². The van der Waals surface area contributed by atoms with E-state index in [2.05, 4.69) is 21.8 Å². The molecule has 0 radical (unpaired) electrons. The zero-order chi connectivity index (χ0) is 22.1. The second-order valence-corrected chi connectivity index (χ2v) is 9.22. The average Bonchev–Trinajstić information content (AvgIpc) is 3.37. The molecule has 4 aromatic rings. The number of carbonyl (C=O) groups is 1. The minimum absolute atomic E-state index is 0.196. The summed E-state index contributed by atoms with van der Waals surface area (Å²) in [6.07, 6.45) is 2.63. The van der Waals surface area contributed by atoms with Crippen LogP contribution in [0.3, 0.4) is 0 Å². The molecule has 2 aromatic heterocycles. The zero-order valence-electron chi connectivity index (χ0n) is 17.8. The first-order valence-electron chi connectivity index (χ1n) is 10.7. The van der Waals surface area contributed by atoms with Gasteiger partial charge >= 0.3 is 0 Å². The monoisotopic (exact) mass is 449 g/mol. The third-order valence-corrected chi connectivity index (χ3v) is 6.95. The van der Waals surface area contributed by atoms with Crippen molar-refractivity contribution in [1.29, 1.82) is 0 Å². The van der Waals surface area contributed by atoms with Crippen molar-refractivity contribution in [2.24, 2.45) is 7.05 Å². The molecule has 0 aliphatic heterocycles. The van der Waals surface area contributed by atoms with Crippen LogP contribution in [-0.4, -0.2) is 26.7 Å². The fourth-order valence-electron chi connectivity index (χ4n) is 4.24. The number of hydrogen-bond donors (Lipinski definition) is 2. The molecule has 0 fully saturated rings. The Morgan fingerprint density at radius 1 is 1.19 bits per heavy atom. The summed E-state index contributed by atoms with van der Waals surface area (Å²) >= 11 is 1.71. The molecule has 0 spiro atoms. The molecule has 2 aromatic carbocycles. The fraction of sp³-hybridized carbons (Fsp3) is 0.292. The molecule has 0 saturated carbocycles. The van der Waals surface area contributed by atoms with Crippen LogP contribution < -0.4 is 10.6 Å². The Morgan fingerprint density at radius 3 is 2.81 bits per heavy atom. The van der Waals surface area contributed by atoms with Gasteiger partial charge in [-0.15, -0.1) is 11.3 Å². The average molecular weight is 450 g/mol. The summed E-state index contributed by atoms with van der Waals surface area (Å²) in [5.74, 6) is -0.485. The van der Waals surface area contributed by atoms with Gasteiger partial charge in [0.25, 0.3) is 5.91 Å². The molecule has 2 heterocycles. The Bertz CT molecular complexity index is 1230. The molecule has 32 heavy (non-hydrogen) atoms. The number of halogens is 1. The predicted molar refractivity (Wildman–Crippen MR) is 123 cm³/mol.